The zero-order valence-electron chi connectivity index (χ0n) is 8.47. The Hall–Kier alpha value is -0.180. The van der Waals surface area contributed by atoms with Gasteiger partial charge in [0.05, 0.1) is 6.54 Å². The minimum Gasteiger partial charge on any atom is -0.359 e. The molecule has 0 amide bonds. The first-order chi connectivity index (χ1) is 6.24. The highest BCUT2D eigenvalue weighted by Crippen LogP contribution is 2.36. The topological polar surface area (TPSA) is 24.4 Å². The van der Waals surface area contributed by atoms with Gasteiger partial charge in [0.1, 0.15) is 0 Å². The Kier molecular flexibility index (Phi) is 2.54. The second kappa shape index (κ2) is 3.52. The van der Waals surface area contributed by atoms with E-state index in [9.17, 15) is 0 Å². The summed E-state index contributed by atoms with van der Waals surface area (Å²) < 4.78 is 0. The summed E-state index contributed by atoms with van der Waals surface area (Å²) in [5.41, 5.74) is 0.413. The Morgan fingerprint density at radius 1 is 1.62 bits per heavy atom. The summed E-state index contributed by atoms with van der Waals surface area (Å²) >= 11 is 1.90. The third-order valence-electron chi connectivity index (χ3n) is 3.16. The van der Waals surface area contributed by atoms with Gasteiger partial charge in [-0.15, -0.1) is 0 Å². The van der Waals surface area contributed by atoms with Gasteiger partial charge in [0, 0.05) is 10.8 Å². The Labute approximate surface area is 84.6 Å². The third kappa shape index (κ3) is 1.85. The lowest BCUT2D eigenvalue weighted by Gasteiger charge is -2.42. The van der Waals surface area contributed by atoms with Crippen molar-refractivity contribution in [1.82, 2.24) is 5.32 Å². The van der Waals surface area contributed by atoms with Gasteiger partial charge < -0.3 is 5.32 Å². The van der Waals surface area contributed by atoms with Gasteiger partial charge in [-0.3, -0.25) is 4.99 Å². The van der Waals surface area contributed by atoms with Crippen LogP contribution in [0.3, 0.4) is 0 Å². The predicted octanol–water partition coefficient (Wildman–Crippen LogP) is 2.40. The molecule has 0 saturated heterocycles. The molecule has 0 aromatic carbocycles. The molecule has 1 fully saturated rings. The average molecular weight is 198 g/mol. The number of amidine groups is 1. The largest absolute Gasteiger partial charge is 0.359 e. The molecule has 0 aromatic rings. The van der Waals surface area contributed by atoms with Crippen molar-refractivity contribution in [1.29, 1.82) is 0 Å². The molecule has 13 heavy (non-hydrogen) atoms. The maximum absolute atomic E-state index is 4.50. The molecular formula is C10H18N2S. The molecule has 1 aliphatic heterocycles. The van der Waals surface area contributed by atoms with Crippen LogP contribution < -0.4 is 5.32 Å². The van der Waals surface area contributed by atoms with Crippen molar-refractivity contribution in [2.24, 2.45) is 4.99 Å². The van der Waals surface area contributed by atoms with E-state index in [0.29, 0.717) is 10.8 Å². The molecule has 0 spiro atoms. The number of nitrogens with zero attached hydrogens (tertiary/aromatic N) is 1. The molecule has 1 N–H and O–H groups in total. The Balaban J connectivity index is 1.90. The summed E-state index contributed by atoms with van der Waals surface area (Å²) in [5, 5.41) is 5.49. The van der Waals surface area contributed by atoms with Crippen LogP contribution in [0.15, 0.2) is 4.99 Å². The molecule has 1 atom stereocenters. The van der Waals surface area contributed by atoms with Crippen LogP contribution in [-0.2, 0) is 0 Å². The van der Waals surface area contributed by atoms with Gasteiger partial charge in [0.25, 0.3) is 0 Å². The summed E-state index contributed by atoms with van der Waals surface area (Å²) in [6.07, 6.45) is 5.28. The first kappa shape index (κ1) is 9.38. The summed E-state index contributed by atoms with van der Waals surface area (Å²) in [6, 6.07) is 0. The molecule has 0 bridgehead atoms. The fourth-order valence-electron chi connectivity index (χ4n) is 1.94. The van der Waals surface area contributed by atoms with Gasteiger partial charge >= 0.3 is 0 Å². The van der Waals surface area contributed by atoms with E-state index >= 15 is 0 Å². The molecule has 1 aliphatic carbocycles. The van der Waals surface area contributed by atoms with Crippen LogP contribution in [0.2, 0.25) is 0 Å². The lowest BCUT2D eigenvalue weighted by atomic mass is 9.75. The van der Waals surface area contributed by atoms with Crippen LogP contribution in [0.25, 0.3) is 0 Å². The number of hydrogen-bond donors (Lipinski definition) is 1. The van der Waals surface area contributed by atoms with Crippen molar-refractivity contribution in [3.63, 3.8) is 0 Å². The smallest absolute Gasteiger partial charge is 0.157 e. The van der Waals surface area contributed by atoms with Crippen LogP contribution in [0.4, 0.5) is 0 Å². The number of thioether (sulfide) groups is 1. The van der Waals surface area contributed by atoms with E-state index < -0.39 is 0 Å². The number of aliphatic imine (C=N–C) groups is 1. The van der Waals surface area contributed by atoms with Gasteiger partial charge in [-0.1, -0.05) is 25.6 Å². The first-order valence-electron chi connectivity index (χ1n) is 5.23. The number of nitrogens with one attached hydrogen (secondary N) is 1. The second-order valence-electron chi connectivity index (χ2n) is 4.19. The Bertz CT molecular complexity index is 215. The Morgan fingerprint density at radius 3 is 2.77 bits per heavy atom. The molecule has 0 aromatic heterocycles. The van der Waals surface area contributed by atoms with E-state index in [1.807, 2.05) is 11.8 Å². The SMILES string of the molecule is CCC1(NC2=NCC(C)S2)CCC1. The molecule has 2 rings (SSSR count). The van der Waals surface area contributed by atoms with E-state index in [2.05, 4.69) is 24.2 Å². The van der Waals surface area contributed by atoms with Crippen molar-refractivity contribution in [3.05, 3.63) is 0 Å². The standard InChI is InChI=1S/C10H18N2S/c1-3-10(5-4-6-10)12-9-11-7-8(2)13-9/h8H,3-7H2,1-2H3,(H,11,12). The molecule has 1 unspecified atom stereocenters. The monoisotopic (exact) mass is 198 g/mol. The zero-order chi connectivity index (χ0) is 9.31. The van der Waals surface area contributed by atoms with Crippen LogP contribution in [0, 0.1) is 0 Å². The van der Waals surface area contributed by atoms with E-state index in [4.69, 9.17) is 0 Å². The van der Waals surface area contributed by atoms with Crippen molar-refractivity contribution in [2.45, 2.75) is 50.3 Å². The maximum atomic E-state index is 4.50. The molecular weight excluding hydrogens is 180 g/mol. The van der Waals surface area contributed by atoms with Gasteiger partial charge in [-0.25, -0.2) is 0 Å². The van der Waals surface area contributed by atoms with Gasteiger partial charge in [-0.2, -0.15) is 0 Å². The van der Waals surface area contributed by atoms with Crippen LogP contribution in [0.1, 0.15) is 39.5 Å². The van der Waals surface area contributed by atoms with Crippen LogP contribution >= 0.6 is 11.8 Å². The van der Waals surface area contributed by atoms with E-state index in [0.717, 1.165) is 6.54 Å². The number of hydrogen-bond acceptors (Lipinski definition) is 3. The highest BCUT2D eigenvalue weighted by atomic mass is 32.2. The van der Waals surface area contributed by atoms with Crippen molar-refractivity contribution in [3.8, 4) is 0 Å². The highest BCUT2D eigenvalue weighted by molar-refractivity contribution is 8.14. The fraction of sp³-hybridized carbons (Fsp3) is 0.900. The van der Waals surface area contributed by atoms with Gasteiger partial charge in [0.15, 0.2) is 5.17 Å². The quantitative estimate of drug-likeness (QED) is 0.737. The lowest BCUT2D eigenvalue weighted by molar-refractivity contribution is 0.211. The molecule has 3 heteroatoms. The first-order valence-corrected chi connectivity index (χ1v) is 6.11. The van der Waals surface area contributed by atoms with Crippen molar-refractivity contribution >= 4 is 16.9 Å². The molecule has 1 heterocycles. The summed E-state index contributed by atoms with van der Waals surface area (Å²) in [7, 11) is 0. The van der Waals surface area contributed by atoms with Crippen molar-refractivity contribution in [2.75, 3.05) is 6.54 Å². The number of rotatable bonds is 2. The van der Waals surface area contributed by atoms with Gasteiger partial charge in [0.2, 0.25) is 0 Å². The zero-order valence-corrected chi connectivity index (χ0v) is 9.28. The summed E-state index contributed by atoms with van der Waals surface area (Å²) in [6.45, 7) is 5.50. The maximum Gasteiger partial charge on any atom is 0.157 e. The van der Waals surface area contributed by atoms with Gasteiger partial charge in [-0.05, 0) is 25.7 Å². The predicted molar refractivity (Wildman–Crippen MR) is 59.4 cm³/mol. The summed E-state index contributed by atoms with van der Waals surface area (Å²) in [5.74, 6) is 0. The lowest BCUT2D eigenvalue weighted by Crippen LogP contribution is -2.52. The Morgan fingerprint density at radius 2 is 2.38 bits per heavy atom. The minimum atomic E-state index is 0.413. The van der Waals surface area contributed by atoms with E-state index in [-0.39, 0.29) is 0 Å². The normalized spacial score (nSPS) is 30.9. The van der Waals surface area contributed by atoms with Crippen LogP contribution in [-0.4, -0.2) is 22.5 Å². The van der Waals surface area contributed by atoms with E-state index in [1.165, 1.54) is 30.9 Å². The second-order valence-corrected chi connectivity index (χ2v) is 5.61. The minimum absolute atomic E-state index is 0.413. The molecule has 2 aliphatic rings. The average Bonchev–Trinajstić information content (AvgIpc) is 2.44. The van der Waals surface area contributed by atoms with E-state index in [1.54, 1.807) is 0 Å². The highest BCUT2D eigenvalue weighted by Gasteiger charge is 2.36. The molecule has 1 saturated carbocycles. The summed E-state index contributed by atoms with van der Waals surface area (Å²) in [4.78, 5) is 4.50. The fourth-order valence-corrected chi connectivity index (χ4v) is 2.90. The van der Waals surface area contributed by atoms with Crippen LogP contribution in [0.5, 0.6) is 0 Å². The third-order valence-corrected chi connectivity index (χ3v) is 4.17. The molecule has 74 valence electrons. The van der Waals surface area contributed by atoms with Crippen molar-refractivity contribution < 1.29 is 0 Å². The molecule has 2 nitrogen and oxygen atoms in total. The molecule has 0 radical (unpaired) electrons.